The summed E-state index contributed by atoms with van der Waals surface area (Å²) >= 11 is 6.12. The van der Waals surface area contributed by atoms with Gasteiger partial charge in [-0.1, -0.05) is 23.7 Å². The number of phenolic OH excluding ortho intramolecular Hbond substituents is 1. The van der Waals surface area contributed by atoms with Gasteiger partial charge in [-0.15, -0.1) is 0 Å². The van der Waals surface area contributed by atoms with Crippen molar-refractivity contribution < 1.29 is 19.4 Å². The lowest BCUT2D eigenvalue weighted by Crippen LogP contribution is -2.38. The number of amides is 1. The first-order valence-corrected chi connectivity index (χ1v) is 8.91. The van der Waals surface area contributed by atoms with E-state index in [1.165, 1.54) is 18.2 Å². The third kappa shape index (κ3) is 3.58. The highest BCUT2D eigenvalue weighted by Crippen LogP contribution is 2.40. The second-order valence-corrected chi connectivity index (χ2v) is 6.72. The lowest BCUT2D eigenvalue weighted by atomic mass is 9.88. The van der Waals surface area contributed by atoms with Crippen LogP contribution in [0.2, 0.25) is 5.02 Å². The molecule has 1 aliphatic rings. The number of nitrogens with zero attached hydrogens (tertiary/aromatic N) is 1. The van der Waals surface area contributed by atoms with Gasteiger partial charge in [0.15, 0.2) is 11.5 Å². The molecule has 3 rings (SSSR count). The van der Waals surface area contributed by atoms with E-state index in [0.717, 1.165) is 29.9 Å². The topological polar surface area (TPSA) is 59.0 Å². The van der Waals surface area contributed by atoms with Crippen molar-refractivity contribution in [2.24, 2.45) is 0 Å². The van der Waals surface area contributed by atoms with Gasteiger partial charge >= 0.3 is 0 Å². The van der Waals surface area contributed by atoms with Gasteiger partial charge in [-0.05, 0) is 43.0 Å². The number of benzene rings is 2. The van der Waals surface area contributed by atoms with E-state index in [-0.39, 0.29) is 11.7 Å². The SMILES string of the molecule is COc1cccc(C2CCN(C(=O)c3cc(O)ccc3Cl)CC2)c1OC. The first-order chi connectivity index (χ1) is 12.5. The molecule has 1 fully saturated rings. The minimum Gasteiger partial charge on any atom is -0.508 e. The van der Waals surface area contributed by atoms with Crippen LogP contribution in [0, 0.1) is 0 Å². The molecule has 1 heterocycles. The number of para-hydroxylation sites is 1. The molecular weight excluding hydrogens is 354 g/mol. The van der Waals surface area contributed by atoms with E-state index < -0.39 is 0 Å². The van der Waals surface area contributed by atoms with Crippen LogP contribution in [0.3, 0.4) is 0 Å². The molecule has 0 atom stereocenters. The molecule has 2 aromatic carbocycles. The second kappa shape index (κ2) is 7.87. The molecule has 138 valence electrons. The summed E-state index contributed by atoms with van der Waals surface area (Å²) in [5.41, 5.74) is 1.44. The van der Waals surface area contributed by atoms with E-state index in [0.29, 0.717) is 29.6 Å². The van der Waals surface area contributed by atoms with Crippen molar-refractivity contribution in [3.8, 4) is 17.2 Å². The number of methoxy groups -OCH3 is 2. The fourth-order valence-corrected chi connectivity index (χ4v) is 3.67. The number of hydrogen-bond acceptors (Lipinski definition) is 4. The molecule has 0 radical (unpaired) electrons. The Morgan fingerprint density at radius 2 is 1.88 bits per heavy atom. The smallest absolute Gasteiger partial charge is 0.255 e. The zero-order chi connectivity index (χ0) is 18.7. The number of rotatable bonds is 4. The minimum atomic E-state index is -0.151. The van der Waals surface area contributed by atoms with Gasteiger partial charge in [0.25, 0.3) is 5.91 Å². The van der Waals surface area contributed by atoms with E-state index in [1.54, 1.807) is 19.1 Å². The fraction of sp³-hybridized carbons (Fsp3) is 0.350. The summed E-state index contributed by atoms with van der Waals surface area (Å²) in [5, 5.41) is 9.98. The largest absolute Gasteiger partial charge is 0.508 e. The molecule has 0 aromatic heterocycles. The maximum Gasteiger partial charge on any atom is 0.255 e. The first kappa shape index (κ1) is 18.4. The Hall–Kier alpha value is -2.40. The normalized spacial score (nSPS) is 15.0. The molecule has 0 spiro atoms. The van der Waals surface area contributed by atoms with Crippen molar-refractivity contribution in [3.63, 3.8) is 0 Å². The van der Waals surface area contributed by atoms with Gasteiger partial charge in [0.2, 0.25) is 0 Å². The van der Waals surface area contributed by atoms with Crippen molar-refractivity contribution in [2.75, 3.05) is 27.3 Å². The maximum absolute atomic E-state index is 12.7. The highest BCUT2D eigenvalue weighted by atomic mass is 35.5. The van der Waals surface area contributed by atoms with Crippen LogP contribution in [-0.2, 0) is 0 Å². The van der Waals surface area contributed by atoms with Gasteiger partial charge in [0.05, 0.1) is 24.8 Å². The molecule has 0 bridgehead atoms. The number of piperidine rings is 1. The molecule has 1 N–H and O–H groups in total. The van der Waals surface area contributed by atoms with E-state index >= 15 is 0 Å². The number of phenols is 1. The van der Waals surface area contributed by atoms with Crippen molar-refractivity contribution in [1.29, 1.82) is 0 Å². The number of likely N-dealkylation sites (tertiary alicyclic amines) is 1. The van der Waals surface area contributed by atoms with Crippen molar-refractivity contribution in [2.45, 2.75) is 18.8 Å². The Labute approximate surface area is 158 Å². The van der Waals surface area contributed by atoms with Crippen molar-refractivity contribution in [3.05, 3.63) is 52.5 Å². The lowest BCUT2D eigenvalue weighted by Gasteiger charge is -2.33. The molecular formula is C20H22ClNO4. The molecule has 6 heteroatoms. The maximum atomic E-state index is 12.7. The Morgan fingerprint density at radius 3 is 2.54 bits per heavy atom. The Morgan fingerprint density at radius 1 is 1.15 bits per heavy atom. The zero-order valence-electron chi connectivity index (χ0n) is 14.9. The van der Waals surface area contributed by atoms with E-state index in [1.807, 2.05) is 12.1 Å². The first-order valence-electron chi connectivity index (χ1n) is 8.53. The highest BCUT2D eigenvalue weighted by Gasteiger charge is 2.28. The van der Waals surface area contributed by atoms with Crippen molar-refractivity contribution >= 4 is 17.5 Å². The molecule has 1 amide bonds. The predicted octanol–water partition coefficient (Wildman–Crippen LogP) is 4.08. The third-order valence-electron chi connectivity index (χ3n) is 4.84. The van der Waals surface area contributed by atoms with Gasteiger partial charge in [-0.2, -0.15) is 0 Å². The van der Waals surface area contributed by atoms with Crippen LogP contribution >= 0.6 is 11.6 Å². The van der Waals surface area contributed by atoms with Crippen LogP contribution in [0.4, 0.5) is 0 Å². The number of ether oxygens (including phenoxy) is 2. The van der Waals surface area contributed by atoms with Crippen LogP contribution in [0.5, 0.6) is 17.2 Å². The van der Waals surface area contributed by atoms with Gasteiger partial charge < -0.3 is 19.5 Å². The number of carbonyl (C=O) groups is 1. The molecule has 0 aliphatic carbocycles. The summed E-state index contributed by atoms with van der Waals surface area (Å²) in [7, 11) is 3.27. The van der Waals surface area contributed by atoms with Gasteiger partial charge in [0.1, 0.15) is 5.75 Å². The monoisotopic (exact) mass is 375 g/mol. The van der Waals surface area contributed by atoms with Gasteiger partial charge in [-0.3, -0.25) is 4.79 Å². The van der Waals surface area contributed by atoms with Crippen LogP contribution in [0.25, 0.3) is 0 Å². The molecule has 0 saturated carbocycles. The van der Waals surface area contributed by atoms with Crippen LogP contribution in [0.1, 0.15) is 34.7 Å². The quantitative estimate of drug-likeness (QED) is 0.874. The predicted molar refractivity (Wildman–Crippen MR) is 101 cm³/mol. The Bertz CT molecular complexity index is 800. The third-order valence-corrected chi connectivity index (χ3v) is 5.17. The van der Waals surface area contributed by atoms with Gasteiger partial charge in [-0.25, -0.2) is 0 Å². The van der Waals surface area contributed by atoms with Crippen molar-refractivity contribution in [1.82, 2.24) is 4.90 Å². The molecule has 1 saturated heterocycles. The lowest BCUT2D eigenvalue weighted by molar-refractivity contribution is 0.0712. The summed E-state index contributed by atoms with van der Waals surface area (Å²) in [5.74, 6) is 1.66. The van der Waals surface area contributed by atoms with Crippen LogP contribution in [-0.4, -0.2) is 43.2 Å². The Kier molecular flexibility index (Phi) is 5.57. The number of halogens is 1. The van der Waals surface area contributed by atoms with E-state index in [9.17, 15) is 9.90 Å². The van der Waals surface area contributed by atoms with Crippen LogP contribution in [0.15, 0.2) is 36.4 Å². The molecule has 1 aliphatic heterocycles. The van der Waals surface area contributed by atoms with E-state index in [2.05, 4.69) is 6.07 Å². The average Bonchev–Trinajstić information content (AvgIpc) is 2.68. The standard InChI is InChI=1S/C20H22ClNO4/c1-25-18-5-3-4-15(19(18)26-2)13-8-10-22(11-9-13)20(24)16-12-14(23)6-7-17(16)21/h3-7,12-13,23H,8-11H2,1-2H3. The number of aromatic hydroxyl groups is 1. The highest BCUT2D eigenvalue weighted by molar-refractivity contribution is 6.33. The Balaban J connectivity index is 1.74. The summed E-state index contributed by atoms with van der Waals surface area (Å²) in [4.78, 5) is 14.5. The summed E-state index contributed by atoms with van der Waals surface area (Å²) < 4.78 is 10.9. The van der Waals surface area contributed by atoms with E-state index in [4.69, 9.17) is 21.1 Å². The molecule has 5 nitrogen and oxygen atoms in total. The number of hydrogen-bond donors (Lipinski definition) is 1. The second-order valence-electron chi connectivity index (χ2n) is 6.31. The van der Waals surface area contributed by atoms with Gasteiger partial charge in [0, 0.05) is 18.7 Å². The molecule has 0 unspecified atom stereocenters. The number of carbonyl (C=O) groups excluding carboxylic acids is 1. The average molecular weight is 376 g/mol. The fourth-order valence-electron chi connectivity index (χ4n) is 3.47. The summed E-state index contributed by atoms with van der Waals surface area (Å²) in [6.45, 7) is 1.24. The summed E-state index contributed by atoms with van der Waals surface area (Å²) in [6, 6.07) is 10.3. The minimum absolute atomic E-state index is 0.0359. The summed E-state index contributed by atoms with van der Waals surface area (Å²) in [6.07, 6.45) is 1.65. The molecule has 26 heavy (non-hydrogen) atoms. The zero-order valence-corrected chi connectivity index (χ0v) is 15.6. The van der Waals surface area contributed by atoms with Crippen LogP contribution < -0.4 is 9.47 Å². The molecule has 2 aromatic rings.